The van der Waals surface area contributed by atoms with Crippen molar-refractivity contribution in [3.05, 3.63) is 36.9 Å². The van der Waals surface area contributed by atoms with Gasteiger partial charge in [0.25, 0.3) is 0 Å². The van der Waals surface area contributed by atoms with E-state index in [1.165, 1.54) is 19.3 Å². The van der Waals surface area contributed by atoms with E-state index in [0.717, 1.165) is 24.6 Å². The molecule has 2 aromatic rings. The Bertz CT molecular complexity index is 420. The third kappa shape index (κ3) is 3.98. The molecule has 2 rings (SSSR count). The van der Waals surface area contributed by atoms with Crippen LogP contribution in [-0.4, -0.2) is 26.7 Å². The molecule has 0 aliphatic rings. The highest BCUT2D eigenvalue weighted by molar-refractivity contribution is 5.53. The van der Waals surface area contributed by atoms with Gasteiger partial charge in [-0.3, -0.25) is 4.98 Å². The van der Waals surface area contributed by atoms with Crippen LogP contribution in [0.1, 0.15) is 32.6 Å². The summed E-state index contributed by atoms with van der Waals surface area (Å²) in [4.78, 5) is 10.5. The topological polar surface area (TPSA) is 54.8 Å². The zero-order valence-corrected chi connectivity index (χ0v) is 11.2. The van der Waals surface area contributed by atoms with E-state index >= 15 is 0 Å². The summed E-state index contributed by atoms with van der Waals surface area (Å²) in [5.74, 6) is 1.64. The lowest BCUT2D eigenvalue weighted by atomic mass is 10.2. The summed E-state index contributed by atoms with van der Waals surface area (Å²) in [6.07, 6.45) is 11.6. The van der Waals surface area contributed by atoms with Crippen LogP contribution in [0, 0.1) is 0 Å². The van der Waals surface area contributed by atoms with Gasteiger partial charge in [-0.25, -0.2) is 4.98 Å². The highest BCUT2D eigenvalue weighted by Gasteiger charge is 2.11. The van der Waals surface area contributed by atoms with Crippen LogP contribution < -0.4 is 4.90 Å². The maximum atomic E-state index is 4.35. The van der Waals surface area contributed by atoms with E-state index in [1.54, 1.807) is 24.8 Å². The predicted octanol–water partition coefficient (Wildman–Crippen LogP) is 2.99. The van der Waals surface area contributed by atoms with Crippen molar-refractivity contribution >= 4 is 11.6 Å². The first-order valence-corrected chi connectivity index (χ1v) is 6.73. The van der Waals surface area contributed by atoms with Gasteiger partial charge in [0.1, 0.15) is 0 Å². The molecule has 0 aliphatic heterocycles. The van der Waals surface area contributed by atoms with Crippen LogP contribution in [0.5, 0.6) is 0 Å². The van der Waals surface area contributed by atoms with Gasteiger partial charge in [-0.2, -0.15) is 5.10 Å². The predicted molar refractivity (Wildman–Crippen MR) is 75.2 cm³/mol. The van der Waals surface area contributed by atoms with E-state index in [9.17, 15) is 0 Å². The van der Waals surface area contributed by atoms with Crippen molar-refractivity contribution in [3.8, 4) is 0 Å². The normalized spacial score (nSPS) is 10.4. The standard InChI is InChI=1S/C14H19N5/c1-2-3-4-5-11-19(13-7-6-8-17-18-13)14-12-15-9-10-16-14/h6-10,12H,2-5,11H2,1H3. The number of hydrogen-bond donors (Lipinski definition) is 0. The van der Waals surface area contributed by atoms with Crippen LogP contribution in [0.3, 0.4) is 0 Å². The largest absolute Gasteiger partial charge is 0.308 e. The van der Waals surface area contributed by atoms with Crippen molar-refractivity contribution in [2.75, 3.05) is 11.4 Å². The van der Waals surface area contributed by atoms with Gasteiger partial charge in [0.2, 0.25) is 0 Å². The lowest BCUT2D eigenvalue weighted by molar-refractivity contribution is 0.663. The minimum Gasteiger partial charge on any atom is -0.308 e. The second-order valence-corrected chi connectivity index (χ2v) is 4.36. The maximum Gasteiger partial charge on any atom is 0.156 e. The van der Waals surface area contributed by atoms with E-state index in [1.807, 2.05) is 12.1 Å². The van der Waals surface area contributed by atoms with Crippen molar-refractivity contribution in [3.63, 3.8) is 0 Å². The van der Waals surface area contributed by atoms with Gasteiger partial charge in [0.05, 0.1) is 6.20 Å². The molecule has 0 saturated carbocycles. The third-order valence-corrected chi connectivity index (χ3v) is 2.90. The van der Waals surface area contributed by atoms with Crippen LogP contribution in [0.25, 0.3) is 0 Å². The Morgan fingerprint density at radius 1 is 1.05 bits per heavy atom. The van der Waals surface area contributed by atoms with Crippen LogP contribution in [0.4, 0.5) is 11.6 Å². The summed E-state index contributed by atoms with van der Waals surface area (Å²) in [7, 11) is 0. The first-order valence-electron chi connectivity index (χ1n) is 6.73. The minimum absolute atomic E-state index is 0.819. The zero-order chi connectivity index (χ0) is 13.3. The quantitative estimate of drug-likeness (QED) is 0.714. The molecular formula is C14H19N5. The number of rotatable bonds is 7. The number of nitrogens with zero attached hydrogens (tertiary/aromatic N) is 5. The van der Waals surface area contributed by atoms with E-state index in [2.05, 4.69) is 32.0 Å². The first-order chi connectivity index (χ1) is 9.42. The Morgan fingerprint density at radius 2 is 2.00 bits per heavy atom. The van der Waals surface area contributed by atoms with Crippen molar-refractivity contribution < 1.29 is 0 Å². The van der Waals surface area contributed by atoms with Crippen LogP contribution in [0.2, 0.25) is 0 Å². The Balaban J connectivity index is 2.10. The van der Waals surface area contributed by atoms with Crippen molar-refractivity contribution in [2.24, 2.45) is 0 Å². The minimum atomic E-state index is 0.819. The molecule has 5 nitrogen and oxygen atoms in total. The molecule has 0 fully saturated rings. The van der Waals surface area contributed by atoms with Gasteiger partial charge in [0, 0.05) is 25.1 Å². The Hall–Kier alpha value is -2.04. The Kier molecular flexibility index (Phi) is 5.22. The smallest absolute Gasteiger partial charge is 0.156 e. The van der Waals surface area contributed by atoms with Crippen LogP contribution in [0.15, 0.2) is 36.9 Å². The highest BCUT2D eigenvalue weighted by Crippen LogP contribution is 2.20. The molecule has 0 unspecified atom stereocenters. The fourth-order valence-corrected chi connectivity index (χ4v) is 1.91. The molecule has 0 radical (unpaired) electrons. The Morgan fingerprint density at radius 3 is 2.68 bits per heavy atom. The number of aromatic nitrogens is 4. The molecular weight excluding hydrogens is 238 g/mol. The fourth-order valence-electron chi connectivity index (χ4n) is 1.91. The SMILES string of the molecule is CCCCCCN(c1cnccn1)c1cccnn1. The van der Waals surface area contributed by atoms with Crippen molar-refractivity contribution in [1.29, 1.82) is 0 Å². The molecule has 100 valence electrons. The third-order valence-electron chi connectivity index (χ3n) is 2.90. The summed E-state index contributed by atoms with van der Waals surface area (Å²) >= 11 is 0. The summed E-state index contributed by atoms with van der Waals surface area (Å²) in [6, 6.07) is 3.83. The van der Waals surface area contributed by atoms with E-state index in [0.29, 0.717) is 0 Å². The van der Waals surface area contributed by atoms with Crippen molar-refractivity contribution in [2.45, 2.75) is 32.6 Å². The molecule has 0 saturated heterocycles. The number of hydrogen-bond acceptors (Lipinski definition) is 5. The fraction of sp³-hybridized carbons (Fsp3) is 0.429. The van der Waals surface area contributed by atoms with Gasteiger partial charge in [-0.1, -0.05) is 26.2 Å². The molecule has 0 atom stereocenters. The van der Waals surface area contributed by atoms with E-state index in [4.69, 9.17) is 0 Å². The zero-order valence-electron chi connectivity index (χ0n) is 11.2. The molecule has 0 spiro atoms. The summed E-state index contributed by atoms with van der Waals surface area (Å²) < 4.78 is 0. The lowest BCUT2D eigenvalue weighted by Gasteiger charge is -2.21. The number of unbranched alkanes of at least 4 members (excludes halogenated alkanes) is 3. The molecule has 0 amide bonds. The van der Waals surface area contributed by atoms with Crippen LogP contribution >= 0.6 is 0 Å². The van der Waals surface area contributed by atoms with Crippen LogP contribution in [-0.2, 0) is 0 Å². The molecule has 0 aromatic carbocycles. The first kappa shape index (κ1) is 13.4. The molecule has 19 heavy (non-hydrogen) atoms. The second-order valence-electron chi connectivity index (χ2n) is 4.36. The summed E-state index contributed by atoms with van der Waals surface area (Å²) in [5, 5.41) is 8.10. The summed E-state index contributed by atoms with van der Waals surface area (Å²) in [5.41, 5.74) is 0. The Labute approximate surface area is 113 Å². The molecule has 2 aromatic heterocycles. The molecule has 5 heteroatoms. The average molecular weight is 257 g/mol. The van der Waals surface area contributed by atoms with Gasteiger partial charge >= 0.3 is 0 Å². The molecule has 2 heterocycles. The number of anilines is 2. The second kappa shape index (κ2) is 7.41. The molecule has 0 N–H and O–H groups in total. The average Bonchev–Trinajstić information content (AvgIpc) is 2.49. The molecule has 0 bridgehead atoms. The monoisotopic (exact) mass is 257 g/mol. The summed E-state index contributed by atoms with van der Waals surface area (Å²) in [6.45, 7) is 3.10. The lowest BCUT2D eigenvalue weighted by Crippen LogP contribution is -2.21. The molecule has 0 aliphatic carbocycles. The van der Waals surface area contributed by atoms with Gasteiger partial charge in [0.15, 0.2) is 11.6 Å². The highest BCUT2D eigenvalue weighted by atomic mass is 15.3. The van der Waals surface area contributed by atoms with Gasteiger partial charge in [-0.05, 0) is 18.6 Å². The maximum absolute atomic E-state index is 4.35. The van der Waals surface area contributed by atoms with E-state index in [-0.39, 0.29) is 0 Å². The van der Waals surface area contributed by atoms with E-state index < -0.39 is 0 Å². The van der Waals surface area contributed by atoms with Crippen molar-refractivity contribution in [1.82, 2.24) is 20.2 Å². The van der Waals surface area contributed by atoms with Gasteiger partial charge < -0.3 is 4.90 Å². The van der Waals surface area contributed by atoms with Gasteiger partial charge in [-0.15, -0.1) is 5.10 Å².